The number of aliphatic hydroxyl groups is 2. The van der Waals surface area contributed by atoms with Crippen LogP contribution in [-0.4, -0.2) is 33.3 Å². The van der Waals surface area contributed by atoms with Crippen LogP contribution in [0.25, 0.3) is 0 Å². The summed E-state index contributed by atoms with van der Waals surface area (Å²) in [6.07, 6.45) is 1.47. The van der Waals surface area contributed by atoms with Gasteiger partial charge < -0.3 is 15.3 Å². The molecule has 2 saturated carbocycles. The van der Waals surface area contributed by atoms with Crippen LogP contribution in [-0.2, 0) is 0 Å². The van der Waals surface area contributed by atoms with Crippen molar-refractivity contribution in [2.75, 3.05) is 0 Å². The lowest BCUT2D eigenvalue weighted by atomic mass is 9.55. The van der Waals surface area contributed by atoms with Crippen LogP contribution in [0.3, 0.4) is 0 Å². The van der Waals surface area contributed by atoms with Gasteiger partial charge in [0.1, 0.15) is 5.75 Å². The maximum atomic E-state index is 12.5. The lowest BCUT2D eigenvalue weighted by molar-refractivity contribution is -0.0493. The van der Waals surface area contributed by atoms with Crippen molar-refractivity contribution in [2.24, 2.45) is 17.3 Å². The molecule has 1 aromatic rings. The molecule has 4 rings (SSSR count). The lowest BCUT2D eigenvalue weighted by Gasteiger charge is -2.49. The number of fused-ring (bicyclic) bond motifs is 5. The molecule has 0 spiro atoms. The van der Waals surface area contributed by atoms with Crippen molar-refractivity contribution in [1.82, 2.24) is 0 Å². The van der Waals surface area contributed by atoms with E-state index in [9.17, 15) is 20.1 Å². The van der Waals surface area contributed by atoms with Crippen LogP contribution in [0.4, 0.5) is 0 Å². The van der Waals surface area contributed by atoms with Gasteiger partial charge in [0.05, 0.1) is 12.2 Å². The van der Waals surface area contributed by atoms with E-state index in [0.717, 1.165) is 18.4 Å². The fourth-order valence-corrected chi connectivity index (χ4v) is 5.38. The third-order valence-electron chi connectivity index (χ3n) is 6.57. The van der Waals surface area contributed by atoms with Crippen LogP contribution >= 0.6 is 0 Å². The van der Waals surface area contributed by atoms with Crippen molar-refractivity contribution < 1.29 is 20.1 Å². The lowest BCUT2D eigenvalue weighted by Crippen LogP contribution is -2.45. The molecule has 1 aromatic carbocycles. The van der Waals surface area contributed by atoms with Gasteiger partial charge in [-0.05, 0) is 60.1 Å². The van der Waals surface area contributed by atoms with Gasteiger partial charge in [-0.1, -0.05) is 13.0 Å². The molecule has 0 saturated heterocycles. The van der Waals surface area contributed by atoms with Crippen molar-refractivity contribution in [1.29, 1.82) is 0 Å². The second-order valence-corrected chi connectivity index (χ2v) is 7.57. The first-order valence-electron chi connectivity index (χ1n) is 8.14. The summed E-state index contributed by atoms with van der Waals surface area (Å²) in [7, 11) is 0. The maximum Gasteiger partial charge on any atom is 0.163 e. The molecule has 3 N–H and O–H groups in total. The van der Waals surface area contributed by atoms with Crippen LogP contribution < -0.4 is 0 Å². The van der Waals surface area contributed by atoms with Gasteiger partial charge in [-0.3, -0.25) is 4.79 Å². The Morgan fingerprint density at radius 1 is 1.27 bits per heavy atom. The second kappa shape index (κ2) is 4.56. The van der Waals surface area contributed by atoms with Gasteiger partial charge >= 0.3 is 0 Å². The summed E-state index contributed by atoms with van der Waals surface area (Å²) in [5.74, 6) is 0.881. The number of Topliss-reactive ketones (excluding diaryl/α,β-unsaturated/α-hetero) is 1. The first-order chi connectivity index (χ1) is 10.4. The quantitative estimate of drug-likeness (QED) is 0.687. The Kier molecular flexibility index (Phi) is 2.94. The Morgan fingerprint density at radius 2 is 2.05 bits per heavy atom. The van der Waals surface area contributed by atoms with E-state index < -0.39 is 12.2 Å². The zero-order chi connectivity index (χ0) is 15.6. The van der Waals surface area contributed by atoms with Crippen molar-refractivity contribution in [3.8, 4) is 5.75 Å². The Morgan fingerprint density at radius 3 is 2.82 bits per heavy atom. The molecular formula is C18H22O4. The molecule has 4 heteroatoms. The molecule has 22 heavy (non-hydrogen) atoms. The predicted octanol–water partition coefficient (Wildman–Crippen LogP) is 2.22. The first kappa shape index (κ1) is 14.2. The molecule has 6 atom stereocenters. The number of hydrogen-bond donors (Lipinski definition) is 3. The molecule has 0 aliphatic heterocycles. The van der Waals surface area contributed by atoms with E-state index in [0.29, 0.717) is 24.3 Å². The molecule has 3 aliphatic carbocycles. The number of benzene rings is 1. The van der Waals surface area contributed by atoms with E-state index in [1.165, 1.54) is 0 Å². The molecule has 0 aromatic heterocycles. The van der Waals surface area contributed by atoms with Crippen molar-refractivity contribution in [2.45, 2.75) is 50.7 Å². The topological polar surface area (TPSA) is 77.8 Å². The van der Waals surface area contributed by atoms with Gasteiger partial charge in [-0.25, -0.2) is 0 Å². The fourth-order valence-electron chi connectivity index (χ4n) is 5.38. The minimum absolute atomic E-state index is 0.0762. The number of phenolic OH excluding ortho intramolecular Hbond substituents is 1. The number of ketones is 1. The first-order valence-corrected chi connectivity index (χ1v) is 8.14. The summed E-state index contributed by atoms with van der Waals surface area (Å²) in [6, 6.07) is 5.12. The molecule has 4 nitrogen and oxygen atoms in total. The number of carbonyl (C=O) groups excluding carboxylic acids is 1. The number of hydrogen-bond acceptors (Lipinski definition) is 4. The van der Waals surface area contributed by atoms with Crippen LogP contribution in [0, 0.1) is 17.3 Å². The van der Waals surface area contributed by atoms with Crippen LogP contribution in [0.5, 0.6) is 5.75 Å². The Balaban J connectivity index is 1.76. The summed E-state index contributed by atoms with van der Waals surface area (Å²) in [5, 5.41) is 30.1. The molecular weight excluding hydrogens is 280 g/mol. The Bertz CT molecular complexity index is 640. The average molecular weight is 302 g/mol. The average Bonchev–Trinajstić information content (AvgIpc) is 2.72. The number of aromatic hydroxyl groups is 1. The molecule has 2 fully saturated rings. The van der Waals surface area contributed by atoms with Gasteiger partial charge in [-0.15, -0.1) is 0 Å². The molecule has 0 heterocycles. The van der Waals surface area contributed by atoms with Crippen molar-refractivity contribution in [3.05, 3.63) is 29.3 Å². The third-order valence-corrected chi connectivity index (χ3v) is 6.57. The van der Waals surface area contributed by atoms with Gasteiger partial charge in [0.15, 0.2) is 5.78 Å². The minimum Gasteiger partial charge on any atom is -0.508 e. The van der Waals surface area contributed by atoms with Gasteiger partial charge in [-0.2, -0.15) is 0 Å². The Labute approximate surface area is 129 Å². The van der Waals surface area contributed by atoms with Crippen molar-refractivity contribution in [3.63, 3.8) is 0 Å². The van der Waals surface area contributed by atoms with Crippen LogP contribution in [0.15, 0.2) is 18.2 Å². The normalized spacial score (nSPS) is 43.4. The van der Waals surface area contributed by atoms with Gasteiger partial charge in [0.2, 0.25) is 0 Å². The second-order valence-electron chi connectivity index (χ2n) is 7.57. The fraction of sp³-hybridized carbons (Fsp3) is 0.611. The van der Waals surface area contributed by atoms with Crippen LogP contribution in [0.2, 0.25) is 0 Å². The minimum atomic E-state index is -0.685. The molecule has 0 unspecified atom stereocenters. The standard InChI is InChI=1S/C18H22O4/c1-18-5-4-11-10-3-2-9(19)6-13(10)15(20)7-12(11)14(18)8-16(21)17(18)22/h2-3,6,11-12,14,16-17,19,21-22H,4-5,7-8H2,1H3/t11-,12+,14+,16-,17+,18+/m1/s1. The summed E-state index contributed by atoms with van der Waals surface area (Å²) in [6.45, 7) is 2.06. The largest absolute Gasteiger partial charge is 0.508 e. The highest BCUT2D eigenvalue weighted by molar-refractivity contribution is 5.99. The van der Waals surface area contributed by atoms with E-state index in [4.69, 9.17) is 0 Å². The third kappa shape index (κ3) is 1.74. The van der Waals surface area contributed by atoms with E-state index >= 15 is 0 Å². The summed E-state index contributed by atoms with van der Waals surface area (Å²) >= 11 is 0. The van der Waals surface area contributed by atoms with E-state index in [2.05, 4.69) is 6.92 Å². The van der Waals surface area contributed by atoms with E-state index in [1.807, 2.05) is 6.07 Å². The monoisotopic (exact) mass is 302 g/mol. The summed E-state index contributed by atoms with van der Waals surface area (Å²) in [5.41, 5.74) is 1.41. The highest BCUT2D eigenvalue weighted by atomic mass is 16.3. The molecule has 0 amide bonds. The van der Waals surface area contributed by atoms with E-state index in [1.54, 1.807) is 12.1 Å². The Hall–Kier alpha value is -1.39. The van der Waals surface area contributed by atoms with Gasteiger partial charge in [0.25, 0.3) is 0 Å². The predicted molar refractivity (Wildman–Crippen MR) is 80.7 cm³/mol. The molecule has 0 radical (unpaired) electrons. The number of phenols is 1. The SMILES string of the molecule is C[C@]12CC[C@@H]3c4ccc(O)cc4C(=O)C[C@@H]3[C@@H]1C[C@@H](O)[C@@H]2O. The number of rotatable bonds is 0. The number of aliphatic hydroxyl groups excluding tert-OH is 2. The maximum absolute atomic E-state index is 12.5. The zero-order valence-electron chi connectivity index (χ0n) is 12.7. The van der Waals surface area contributed by atoms with Crippen molar-refractivity contribution >= 4 is 5.78 Å². The molecule has 3 aliphatic rings. The highest BCUT2D eigenvalue weighted by Crippen LogP contribution is 2.60. The smallest absolute Gasteiger partial charge is 0.163 e. The zero-order valence-corrected chi connectivity index (χ0v) is 12.7. The molecule has 118 valence electrons. The van der Waals surface area contributed by atoms with Crippen LogP contribution in [0.1, 0.15) is 54.4 Å². The summed E-state index contributed by atoms with van der Waals surface area (Å²) < 4.78 is 0. The molecule has 0 bridgehead atoms. The van der Waals surface area contributed by atoms with E-state index in [-0.39, 0.29) is 28.8 Å². The summed E-state index contributed by atoms with van der Waals surface area (Å²) in [4.78, 5) is 12.5. The number of carbonyl (C=O) groups is 1. The van der Waals surface area contributed by atoms with Gasteiger partial charge in [0, 0.05) is 12.0 Å². The highest BCUT2D eigenvalue weighted by Gasteiger charge is 2.58.